The van der Waals surface area contributed by atoms with E-state index in [1.165, 1.54) is 0 Å². The molecule has 0 radical (unpaired) electrons. The first-order valence-corrected chi connectivity index (χ1v) is 6.59. The number of benzene rings is 1. The molecule has 0 saturated carbocycles. The van der Waals surface area contributed by atoms with Crippen molar-refractivity contribution in [1.82, 2.24) is 0 Å². The van der Waals surface area contributed by atoms with Gasteiger partial charge in [-0.2, -0.15) is 0 Å². The van der Waals surface area contributed by atoms with Crippen LogP contribution < -0.4 is 10.1 Å². The number of aliphatic hydroxyl groups is 1. The fraction of sp³-hybridized carbons (Fsp3) is 0.400. The molecule has 0 aliphatic carbocycles. The minimum atomic E-state index is -0.611. The molecule has 1 rings (SSSR count). The second-order valence-corrected chi connectivity index (χ2v) is 5.00. The topological polar surface area (TPSA) is 41.5 Å². The zero-order chi connectivity index (χ0) is 12.1. The standard InChI is InChI=1S/C10H12Cl2INO2/c1-16-10-8(13)3-2-7(12)9(10)14-5-6(15)4-11/h2-3,6,14-15H,4-5H2,1H3. The number of halogens is 3. The third-order valence-corrected chi connectivity index (χ3v) is 3.48. The average molecular weight is 376 g/mol. The van der Waals surface area contributed by atoms with Crippen LogP contribution in [-0.2, 0) is 0 Å². The molecular formula is C10H12Cl2INO2. The molecule has 90 valence electrons. The van der Waals surface area contributed by atoms with Crippen molar-refractivity contribution in [2.75, 3.05) is 24.9 Å². The van der Waals surface area contributed by atoms with E-state index in [1.807, 2.05) is 6.07 Å². The number of alkyl halides is 1. The quantitative estimate of drug-likeness (QED) is 0.614. The van der Waals surface area contributed by atoms with Crippen LogP contribution in [0.5, 0.6) is 5.75 Å². The summed E-state index contributed by atoms with van der Waals surface area (Å²) < 4.78 is 6.21. The van der Waals surface area contributed by atoms with Crippen molar-refractivity contribution in [3.8, 4) is 5.75 Å². The lowest BCUT2D eigenvalue weighted by Gasteiger charge is -2.15. The zero-order valence-electron chi connectivity index (χ0n) is 8.64. The van der Waals surface area contributed by atoms with Crippen LogP contribution in [0.3, 0.4) is 0 Å². The lowest BCUT2D eigenvalue weighted by Crippen LogP contribution is -2.21. The van der Waals surface area contributed by atoms with Crippen molar-refractivity contribution in [2.45, 2.75) is 6.10 Å². The largest absolute Gasteiger partial charge is 0.493 e. The van der Waals surface area contributed by atoms with Gasteiger partial charge in [0.15, 0.2) is 5.75 Å². The van der Waals surface area contributed by atoms with Crippen LogP contribution in [0.25, 0.3) is 0 Å². The van der Waals surface area contributed by atoms with Crippen LogP contribution in [-0.4, -0.2) is 30.7 Å². The van der Waals surface area contributed by atoms with Gasteiger partial charge in [0.25, 0.3) is 0 Å². The van der Waals surface area contributed by atoms with Crippen LogP contribution in [0.15, 0.2) is 12.1 Å². The highest BCUT2D eigenvalue weighted by molar-refractivity contribution is 14.1. The van der Waals surface area contributed by atoms with Gasteiger partial charge in [0.1, 0.15) is 0 Å². The molecule has 1 aromatic carbocycles. The molecule has 16 heavy (non-hydrogen) atoms. The minimum absolute atomic E-state index is 0.177. The van der Waals surface area contributed by atoms with Gasteiger partial charge in [-0.3, -0.25) is 0 Å². The molecule has 6 heteroatoms. The third-order valence-electron chi connectivity index (χ3n) is 1.96. The Morgan fingerprint density at radius 2 is 2.25 bits per heavy atom. The Kier molecular flexibility index (Phi) is 5.96. The molecule has 1 aromatic rings. The van der Waals surface area contributed by atoms with Gasteiger partial charge in [0.2, 0.25) is 0 Å². The Balaban J connectivity index is 2.89. The van der Waals surface area contributed by atoms with Crippen LogP contribution in [0.2, 0.25) is 5.02 Å². The molecule has 1 unspecified atom stereocenters. The number of hydrogen-bond donors (Lipinski definition) is 2. The van der Waals surface area contributed by atoms with E-state index < -0.39 is 6.10 Å². The molecular weight excluding hydrogens is 364 g/mol. The van der Waals surface area contributed by atoms with Gasteiger partial charge in [-0.25, -0.2) is 0 Å². The summed E-state index contributed by atoms with van der Waals surface area (Å²) in [6, 6.07) is 3.64. The predicted octanol–water partition coefficient (Wildman–Crippen LogP) is 2.96. The van der Waals surface area contributed by atoms with Gasteiger partial charge in [-0.15, -0.1) is 11.6 Å². The van der Waals surface area contributed by atoms with Crippen molar-refractivity contribution in [3.05, 3.63) is 20.7 Å². The summed E-state index contributed by atoms with van der Waals surface area (Å²) in [6.45, 7) is 0.333. The highest BCUT2D eigenvalue weighted by Crippen LogP contribution is 2.36. The number of methoxy groups -OCH3 is 1. The SMILES string of the molecule is COc1c(I)ccc(Cl)c1NCC(O)CCl. The first-order valence-electron chi connectivity index (χ1n) is 4.60. The van der Waals surface area contributed by atoms with Crippen LogP contribution in [0.1, 0.15) is 0 Å². The van der Waals surface area contributed by atoms with Gasteiger partial charge in [0.05, 0.1) is 33.4 Å². The molecule has 2 N–H and O–H groups in total. The van der Waals surface area contributed by atoms with E-state index in [-0.39, 0.29) is 5.88 Å². The molecule has 0 spiro atoms. The smallest absolute Gasteiger partial charge is 0.156 e. The molecule has 1 atom stereocenters. The van der Waals surface area contributed by atoms with Crippen molar-refractivity contribution >= 4 is 51.5 Å². The lowest BCUT2D eigenvalue weighted by molar-refractivity contribution is 0.211. The summed E-state index contributed by atoms with van der Waals surface area (Å²) in [4.78, 5) is 0. The normalized spacial score (nSPS) is 12.3. The summed E-state index contributed by atoms with van der Waals surface area (Å²) in [6.07, 6.45) is -0.611. The Morgan fingerprint density at radius 1 is 1.56 bits per heavy atom. The first-order chi connectivity index (χ1) is 7.60. The molecule has 0 fully saturated rings. The first kappa shape index (κ1) is 14.2. The maximum Gasteiger partial charge on any atom is 0.156 e. The molecule has 0 aliphatic rings. The zero-order valence-corrected chi connectivity index (χ0v) is 12.3. The fourth-order valence-corrected chi connectivity index (χ4v) is 2.17. The highest BCUT2D eigenvalue weighted by Gasteiger charge is 2.12. The highest BCUT2D eigenvalue weighted by atomic mass is 127. The number of rotatable bonds is 5. The Morgan fingerprint density at radius 3 is 2.81 bits per heavy atom. The summed E-state index contributed by atoms with van der Waals surface area (Å²) in [5.74, 6) is 0.853. The average Bonchev–Trinajstić information content (AvgIpc) is 2.29. The van der Waals surface area contributed by atoms with E-state index in [2.05, 4.69) is 27.9 Å². The molecule has 0 saturated heterocycles. The summed E-state index contributed by atoms with van der Waals surface area (Å²) in [7, 11) is 1.58. The Bertz CT molecular complexity index is 363. The number of aliphatic hydroxyl groups excluding tert-OH is 1. The molecule has 0 amide bonds. The maximum absolute atomic E-state index is 9.36. The lowest BCUT2D eigenvalue weighted by atomic mass is 10.2. The molecule has 0 aliphatic heterocycles. The molecule has 0 bridgehead atoms. The van der Waals surface area contributed by atoms with Crippen LogP contribution in [0.4, 0.5) is 5.69 Å². The predicted molar refractivity (Wildman–Crippen MR) is 75.9 cm³/mol. The van der Waals surface area contributed by atoms with Gasteiger partial charge in [0, 0.05) is 6.54 Å². The van der Waals surface area contributed by atoms with E-state index >= 15 is 0 Å². The molecule has 3 nitrogen and oxygen atoms in total. The third kappa shape index (κ3) is 3.55. The van der Waals surface area contributed by atoms with E-state index in [1.54, 1.807) is 13.2 Å². The van der Waals surface area contributed by atoms with E-state index in [0.717, 1.165) is 3.57 Å². The minimum Gasteiger partial charge on any atom is -0.493 e. The van der Waals surface area contributed by atoms with Crippen molar-refractivity contribution in [1.29, 1.82) is 0 Å². The van der Waals surface area contributed by atoms with Gasteiger partial charge >= 0.3 is 0 Å². The van der Waals surface area contributed by atoms with E-state index in [9.17, 15) is 5.11 Å². The molecule has 0 heterocycles. The number of anilines is 1. The number of ether oxygens (including phenoxy) is 1. The summed E-state index contributed by atoms with van der Waals surface area (Å²) in [5, 5.41) is 12.9. The monoisotopic (exact) mass is 375 g/mol. The van der Waals surface area contributed by atoms with Crippen molar-refractivity contribution < 1.29 is 9.84 Å². The number of hydrogen-bond acceptors (Lipinski definition) is 3. The van der Waals surface area contributed by atoms with E-state index in [4.69, 9.17) is 27.9 Å². The van der Waals surface area contributed by atoms with Gasteiger partial charge in [-0.05, 0) is 34.7 Å². The Hall–Kier alpha value is 0.0900. The summed E-state index contributed by atoms with van der Waals surface area (Å²) >= 11 is 13.7. The summed E-state index contributed by atoms with van der Waals surface area (Å²) in [5.41, 5.74) is 0.681. The molecule has 0 aromatic heterocycles. The van der Waals surface area contributed by atoms with Crippen LogP contribution in [0, 0.1) is 3.57 Å². The van der Waals surface area contributed by atoms with E-state index in [0.29, 0.717) is 23.0 Å². The number of nitrogens with one attached hydrogen (secondary N) is 1. The van der Waals surface area contributed by atoms with Gasteiger partial charge in [-0.1, -0.05) is 11.6 Å². The fourth-order valence-electron chi connectivity index (χ4n) is 1.17. The second kappa shape index (κ2) is 6.74. The maximum atomic E-state index is 9.36. The van der Waals surface area contributed by atoms with Crippen molar-refractivity contribution in [2.24, 2.45) is 0 Å². The van der Waals surface area contributed by atoms with Crippen molar-refractivity contribution in [3.63, 3.8) is 0 Å². The second-order valence-electron chi connectivity index (χ2n) is 3.13. The van der Waals surface area contributed by atoms with Gasteiger partial charge < -0.3 is 15.2 Å². The Labute approximate surface area is 118 Å². The van der Waals surface area contributed by atoms with Crippen LogP contribution >= 0.6 is 45.8 Å².